The van der Waals surface area contributed by atoms with Crippen LogP contribution < -0.4 is 9.47 Å². The van der Waals surface area contributed by atoms with Crippen molar-refractivity contribution < 1.29 is 28.2 Å². The fourth-order valence-electron chi connectivity index (χ4n) is 2.70. The number of rotatable bonds is 5. The Kier molecular flexibility index (Phi) is 5.21. The van der Waals surface area contributed by atoms with Crippen molar-refractivity contribution in [2.24, 2.45) is 0 Å². The molecular formula is C20H20N2O6. The number of nitrogens with zero attached hydrogens (tertiary/aromatic N) is 2. The molecule has 8 heteroatoms. The summed E-state index contributed by atoms with van der Waals surface area (Å²) < 4.78 is 16.9. The zero-order valence-corrected chi connectivity index (χ0v) is 16.0. The van der Waals surface area contributed by atoms with E-state index < -0.39 is 11.9 Å². The second-order valence-electron chi connectivity index (χ2n) is 6.34. The molecule has 0 unspecified atom stereocenters. The number of benzene rings is 1. The fourth-order valence-corrected chi connectivity index (χ4v) is 2.70. The van der Waals surface area contributed by atoms with Gasteiger partial charge in [0.2, 0.25) is 6.20 Å². The van der Waals surface area contributed by atoms with E-state index in [9.17, 15) is 14.8 Å². The smallest absolute Gasteiger partial charge is 0.338 e. The van der Waals surface area contributed by atoms with Gasteiger partial charge in [-0.1, -0.05) is 0 Å². The van der Waals surface area contributed by atoms with Crippen LogP contribution >= 0.6 is 0 Å². The van der Waals surface area contributed by atoms with Crippen LogP contribution in [0.4, 0.5) is 0 Å². The number of amides is 1. The van der Waals surface area contributed by atoms with Crippen LogP contribution in [-0.2, 0) is 4.74 Å². The van der Waals surface area contributed by atoms with Crippen LogP contribution in [0, 0.1) is 12.1 Å². The summed E-state index contributed by atoms with van der Waals surface area (Å²) in [4.78, 5) is 25.4. The first-order chi connectivity index (χ1) is 13.3. The van der Waals surface area contributed by atoms with Gasteiger partial charge < -0.3 is 24.0 Å². The van der Waals surface area contributed by atoms with E-state index in [0.29, 0.717) is 27.2 Å². The van der Waals surface area contributed by atoms with Crippen molar-refractivity contribution in [1.29, 1.82) is 0 Å². The summed E-state index contributed by atoms with van der Waals surface area (Å²) in [7, 11) is 3.12. The number of aryl methyl sites for hydroxylation is 1. The SMILES string of the molecule is CCOC(=O)c1cc(Oc2ccc(C(=O)N(C)C)[n+]([O-])c2)c2cc(C)oc2c1. The molecule has 0 fully saturated rings. The number of hydrogen-bond acceptors (Lipinski definition) is 6. The largest absolute Gasteiger partial charge is 0.618 e. The molecule has 0 saturated heterocycles. The predicted molar refractivity (Wildman–Crippen MR) is 100 cm³/mol. The summed E-state index contributed by atoms with van der Waals surface area (Å²) in [5, 5.41) is 12.9. The van der Waals surface area contributed by atoms with E-state index >= 15 is 0 Å². The quantitative estimate of drug-likeness (QED) is 0.381. The number of aromatic nitrogens is 1. The van der Waals surface area contributed by atoms with E-state index in [0.717, 1.165) is 6.20 Å². The molecule has 0 aliphatic carbocycles. The van der Waals surface area contributed by atoms with E-state index in [1.165, 1.54) is 23.1 Å². The second-order valence-corrected chi connectivity index (χ2v) is 6.34. The minimum atomic E-state index is -0.505. The summed E-state index contributed by atoms with van der Waals surface area (Å²) in [6, 6.07) is 7.79. The Labute approximate surface area is 161 Å². The number of furan rings is 1. The highest BCUT2D eigenvalue weighted by Crippen LogP contribution is 2.33. The Morgan fingerprint density at radius 2 is 1.96 bits per heavy atom. The molecule has 28 heavy (non-hydrogen) atoms. The van der Waals surface area contributed by atoms with Gasteiger partial charge in [-0.3, -0.25) is 4.79 Å². The highest BCUT2D eigenvalue weighted by atomic mass is 16.5. The Morgan fingerprint density at radius 1 is 1.21 bits per heavy atom. The Balaban J connectivity index is 2.00. The first kappa shape index (κ1) is 19.2. The number of carbonyl (C=O) groups is 2. The van der Waals surface area contributed by atoms with E-state index in [2.05, 4.69) is 0 Å². The molecule has 0 atom stereocenters. The molecular weight excluding hydrogens is 364 g/mol. The van der Waals surface area contributed by atoms with Crippen molar-refractivity contribution in [1.82, 2.24) is 4.90 Å². The van der Waals surface area contributed by atoms with Gasteiger partial charge >= 0.3 is 11.9 Å². The molecule has 1 aromatic carbocycles. The molecule has 3 rings (SSSR count). The van der Waals surface area contributed by atoms with Crippen molar-refractivity contribution in [3.63, 3.8) is 0 Å². The maximum Gasteiger partial charge on any atom is 0.338 e. The molecule has 146 valence electrons. The van der Waals surface area contributed by atoms with Crippen LogP contribution in [0.15, 0.2) is 40.9 Å². The molecule has 0 N–H and O–H groups in total. The van der Waals surface area contributed by atoms with Gasteiger partial charge in [-0.05, 0) is 38.1 Å². The molecule has 3 aromatic rings. The van der Waals surface area contributed by atoms with Crippen LogP contribution in [0.3, 0.4) is 0 Å². The summed E-state index contributed by atoms with van der Waals surface area (Å²) in [5.41, 5.74) is 0.711. The number of hydrogen-bond donors (Lipinski definition) is 0. The number of pyridine rings is 1. The predicted octanol–water partition coefficient (Wildman–Crippen LogP) is 3.05. The van der Waals surface area contributed by atoms with Gasteiger partial charge in [-0.2, -0.15) is 4.73 Å². The molecule has 0 bridgehead atoms. The van der Waals surface area contributed by atoms with Crippen LogP contribution in [-0.4, -0.2) is 37.5 Å². The molecule has 8 nitrogen and oxygen atoms in total. The van der Waals surface area contributed by atoms with Crippen molar-refractivity contribution >= 4 is 22.8 Å². The molecule has 2 heterocycles. The van der Waals surface area contributed by atoms with Gasteiger partial charge in [0.25, 0.3) is 5.69 Å². The zero-order valence-electron chi connectivity index (χ0n) is 16.0. The average molecular weight is 384 g/mol. The fraction of sp³-hybridized carbons (Fsp3) is 0.250. The van der Waals surface area contributed by atoms with Gasteiger partial charge in [0.1, 0.15) is 17.1 Å². The topological polar surface area (TPSA) is 95.9 Å². The lowest BCUT2D eigenvalue weighted by Gasteiger charge is -2.12. The van der Waals surface area contributed by atoms with Crippen molar-refractivity contribution in [3.05, 3.63) is 58.8 Å². The van der Waals surface area contributed by atoms with Gasteiger partial charge in [-0.25, -0.2) is 4.79 Å². The molecule has 0 radical (unpaired) electrons. The van der Waals surface area contributed by atoms with Crippen molar-refractivity contribution in [3.8, 4) is 11.5 Å². The number of fused-ring (bicyclic) bond motifs is 1. The van der Waals surface area contributed by atoms with Crippen LogP contribution in [0.5, 0.6) is 11.5 Å². The standard InChI is InChI=1S/C20H20N2O6/c1-5-26-20(24)13-9-17-15(8-12(2)27-17)18(10-13)28-14-6-7-16(22(25)11-14)19(23)21(3)4/h6-11H,5H2,1-4H3. The van der Waals surface area contributed by atoms with Crippen LogP contribution in [0.25, 0.3) is 11.0 Å². The minimum Gasteiger partial charge on any atom is -0.618 e. The molecule has 0 aliphatic rings. The van der Waals surface area contributed by atoms with E-state index in [1.54, 1.807) is 40.1 Å². The lowest BCUT2D eigenvalue weighted by Crippen LogP contribution is -2.38. The van der Waals surface area contributed by atoms with Gasteiger partial charge in [0.05, 0.1) is 17.6 Å². The summed E-state index contributed by atoms with van der Waals surface area (Å²) in [5.74, 6) is 0.273. The van der Waals surface area contributed by atoms with Gasteiger partial charge in [-0.15, -0.1) is 0 Å². The summed E-state index contributed by atoms with van der Waals surface area (Å²) >= 11 is 0. The lowest BCUT2D eigenvalue weighted by atomic mass is 10.1. The normalized spacial score (nSPS) is 10.7. The van der Waals surface area contributed by atoms with E-state index in [1.807, 2.05) is 0 Å². The number of carbonyl (C=O) groups excluding carboxylic acids is 2. The van der Waals surface area contributed by atoms with Gasteiger partial charge in [0, 0.05) is 20.2 Å². The third-order valence-electron chi connectivity index (χ3n) is 3.97. The van der Waals surface area contributed by atoms with Crippen LogP contribution in [0.2, 0.25) is 0 Å². The second kappa shape index (κ2) is 7.59. The van der Waals surface area contributed by atoms with Crippen molar-refractivity contribution in [2.75, 3.05) is 20.7 Å². The lowest BCUT2D eigenvalue weighted by molar-refractivity contribution is -0.608. The summed E-state index contributed by atoms with van der Waals surface area (Å²) in [6.45, 7) is 3.73. The monoisotopic (exact) mass is 384 g/mol. The first-order valence-corrected chi connectivity index (χ1v) is 8.64. The maximum atomic E-state index is 12.2. The molecule has 2 aromatic heterocycles. The van der Waals surface area contributed by atoms with Gasteiger partial charge in [0.15, 0.2) is 5.75 Å². The molecule has 0 spiro atoms. The summed E-state index contributed by atoms with van der Waals surface area (Å²) in [6.07, 6.45) is 1.16. The number of esters is 1. The third-order valence-corrected chi connectivity index (χ3v) is 3.97. The highest BCUT2D eigenvalue weighted by Gasteiger charge is 2.20. The Morgan fingerprint density at radius 3 is 2.61 bits per heavy atom. The van der Waals surface area contributed by atoms with E-state index in [-0.39, 0.29) is 23.6 Å². The zero-order chi connectivity index (χ0) is 20.4. The molecule has 1 amide bonds. The molecule has 0 saturated carbocycles. The maximum absolute atomic E-state index is 12.2. The average Bonchev–Trinajstić information content (AvgIpc) is 3.02. The van der Waals surface area contributed by atoms with E-state index in [4.69, 9.17) is 13.9 Å². The number of ether oxygens (including phenoxy) is 2. The van der Waals surface area contributed by atoms with Crippen LogP contribution in [0.1, 0.15) is 33.5 Å². The Hall–Kier alpha value is -3.55. The highest BCUT2D eigenvalue weighted by molar-refractivity contribution is 5.97. The minimum absolute atomic E-state index is 0.0260. The van der Waals surface area contributed by atoms with Crippen molar-refractivity contribution in [2.45, 2.75) is 13.8 Å². The molecule has 0 aliphatic heterocycles. The first-order valence-electron chi connectivity index (χ1n) is 8.64. The Bertz CT molecular complexity index is 1050. The third kappa shape index (κ3) is 3.75.